The Hall–Kier alpha value is -0.820. The fourth-order valence-corrected chi connectivity index (χ4v) is 3.75. The molecule has 0 saturated heterocycles. The molecule has 1 aromatic rings. The van der Waals surface area contributed by atoms with E-state index in [1.165, 1.54) is 28.4 Å². The van der Waals surface area contributed by atoms with E-state index < -0.39 is 5.60 Å². The summed E-state index contributed by atoms with van der Waals surface area (Å²) < 4.78 is 6.60. The molecule has 1 saturated carbocycles. The molecule has 5 heteroatoms. The largest absolute Gasteiger partial charge is 0.444 e. The lowest BCUT2D eigenvalue weighted by Gasteiger charge is -2.33. The minimum absolute atomic E-state index is 0.315. The second kappa shape index (κ2) is 9.04. The quantitative estimate of drug-likeness (QED) is 0.660. The number of halogens is 1. The van der Waals surface area contributed by atoms with Crippen molar-refractivity contribution in [2.75, 3.05) is 6.54 Å². The van der Waals surface area contributed by atoms with Gasteiger partial charge in [0.2, 0.25) is 0 Å². The topological polar surface area (TPSA) is 50.4 Å². The summed E-state index contributed by atoms with van der Waals surface area (Å²) in [5, 5.41) is 6.64. The number of alkyl carbamates (subject to hydrolysis) is 1. The number of carbonyl (C=O) groups is 1. The van der Waals surface area contributed by atoms with Gasteiger partial charge in [0.25, 0.3) is 0 Å². The first-order valence-electron chi connectivity index (χ1n) is 8.78. The minimum atomic E-state index is -0.446. The van der Waals surface area contributed by atoms with Crippen molar-refractivity contribution in [1.82, 2.24) is 10.6 Å². The molecule has 2 N–H and O–H groups in total. The van der Waals surface area contributed by atoms with Crippen molar-refractivity contribution in [3.8, 4) is 0 Å². The molecule has 2 unspecified atom stereocenters. The molecule has 1 aromatic carbocycles. The third-order valence-corrected chi connectivity index (χ3v) is 4.94. The molecule has 1 aliphatic rings. The van der Waals surface area contributed by atoms with Crippen LogP contribution < -0.4 is 10.6 Å². The fraction of sp³-hybridized carbons (Fsp3) is 0.632. The average molecular weight is 444 g/mol. The fourth-order valence-electron chi connectivity index (χ4n) is 3.15. The highest BCUT2D eigenvalue weighted by molar-refractivity contribution is 14.1. The van der Waals surface area contributed by atoms with Gasteiger partial charge in [-0.05, 0) is 79.8 Å². The number of amides is 1. The third kappa shape index (κ3) is 6.97. The summed E-state index contributed by atoms with van der Waals surface area (Å²) in [5.41, 5.74) is 0.866. The molecule has 134 valence electrons. The second-order valence-electron chi connectivity index (χ2n) is 7.54. The molecule has 4 nitrogen and oxygen atoms in total. The van der Waals surface area contributed by atoms with Crippen LogP contribution in [0.5, 0.6) is 0 Å². The van der Waals surface area contributed by atoms with Gasteiger partial charge in [0.05, 0.1) is 0 Å². The van der Waals surface area contributed by atoms with Gasteiger partial charge in [0, 0.05) is 22.7 Å². The van der Waals surface area contributed by atoms with Gasteiger partial charge in [-0.3, -0.25) is 0 Å². The normalized spacial score (nSPS) is 21.3. The van der Waals surface area contributed by atoms with Crippen molar-refractivity contribution in [1.29, 1.82) is 0 Å². The average Bonchev–Trinajstić information content (AvgIpc) is 2.50. The van der Waals surface area contributed by atoms with Crippen LogP contribution in [0.4, 0.5) is 4.79 Å². The van der Waals surface area contributed by atoms with Crippen molar-refractivity contribution in [3.05, 3.63) is 33.4 Å². The third-order valence-electron chi connectivity index (χ3n) is 4.27. The monoisotopic (exact) mass is 444 g/mol. The molecule has 0 aromatic heterocycles. The van der Waals surface area contributed by atoms with E-state index in [4.69, 9.17) is 4.74 Å². The number of hydrogen-bond acceptors (Lipinski definition) is 3. The number of ether oxygens (including phenoxy) is 1. The maximum Gasteiger partial charge on any atom is 0.407 e. The Labute approximate surface area is 159 Å². The summed E-state index contributed by atoms with van der Waals surface area (Å²) in [6, 6.07) is 9.03. The van der Waals surface area contributed by atoms with Crippen molar-refractivity contribution >= 4 is 28.7 Å². The molecule has 0 aliphatic heterocycles. The minimum Gasteiger partial charge on any atom is -0.444 e. The highest BCUT2D eigenvalue weighted by Crippen LogP contribution is 2.24. The van der Waals surface area contributed by atoms with Crippen molar-refractivity contribution < 1.29 is 9.53 Å². The van der Waals surface area contributed by atoms with Gasteiger partial charge in [-0.25, -0.2) is 4.79 Å². The van der Waals surface area contributed by atoms with Crippen LogP contribution in [-0.4, -0.2) is 24.3 Å². The van der Waals surface area contributed by atoms with Gasteiger partial charge in [0.1, 0.15) is 5.60 Å². The maximum absolute atomic E-state index is 11.9. The lowest BCUT2D eigenvalue weighted by molar-refractivity contribution is 0.0510. The molecule has 24 heavy (non-hydrogen) atoms. The van der Waals surface area contributed by atoms with E-state index in [2.05, 4.69) is 57.5 Å². The predicted molar refractivity (Wildman–Crippen MR) is 106 cm³/mol. The Kier molecular flexibility index (Phi) is 7.34. The van der Waals surface area contributed by atoms with E-state index in [0.717, 1.165) is 13.0 Å². The lowest BCUT2D eigenvalue weighted by atomic mass is 9.84. The molecular weight excluding hydrogens is 415 g/mol. The zero-order valence-electron chi connectivity index (χ0n) is 14.9. The zero-order chi connectivity index (χ0) is 17.6. The van der Waals surface area contributed by atoms with Crippen LogP contribution in [0.1, 0.15) is 52.0 Å². The summed E-state index contributed by atoms with van der Waals surface area (Å²) in [4.78, 5) is 11.9. The van der Waals surface area contributed by atoms with Gasteiger partial charge in [0.15, 0.2) is 0 Å². The highest BCUT2D eigenvalue weighted by atomic mass is 127. The number of hydrogen-bond donors (Lipinski definition) is 2. The molecule has 0 heterocycles. The number of nitrogens with one attached hydrogen (secondary N) is 2. The standard InChI is InChI=1S/C19H29IN2O2/c1-19(2,3)24-18(23)22-13-15-8-4-5-10-17(15)21-12-14-7-6-9-16(20)11-14/h6-7,9,11,15,17,21H,4-5,8,10,12-13H2,1-3H3,(H,22,23). The predicted octanol–water partition coefficient (Wildman–Crippen LogP) is 4.46. The van der Waals surface area contributed by atoms with E-state index in [-0.39, 0.29) is 6.09 Å². The number of rotatable bonds is 5. The second-order valence-corrected chi connectivity index (χ2v) is 8.79. The summed E-state index contributed by atoms with van der Waals surface area (Å²) in [6.07, 6.45) is 4.50. The lowest BCUT2D eigenvalue weighted by Crippen LogP contribution is -2.44. The molecule has 1 fully saturated rings. The summed E-state index contributed by atoms with van der Waals surface area (Å²) in [7, 11) is 0. The van der Waals surface area contributed by atoms with Crippen LogP contribution in [0, 0.1) is 9.49 Å². The van der Waals surface area contributed by atoms with Crippen LogP contribution in [-0.2, 0) is 11.3 Å². The summed E-state index contributed by atoms with van der Waals surface area (Å²) in [5.74, 6) is 0.467. The van der Waals surface area contributed by atoms with E-state index in [0.29, 0.717) is 18.5 Å². The number of carbonyl (C=O) groups excluding carboxylic acids is 1. The molecule has 1 amide bonds. The van der Waals surface area contributed by atoms with Gasteiger partial charge >= 0.3 is 6.09 Å². The van der Waals surface area contributed by atoms with E-state index in [9.17, 15) is 4.79 Å². The summed E-state index contributed by atoms with van der Waals surface area (Å²) in [6.45, 7) is 7.22. The van der Waals surface area contributed by atoms with Crippen molar-refractivity contribution in [3.63, 3.8) is 0 Å². The van der Waals surface area contributed by atoms with Gasteiger partial charge in [-0.1, -0.05) is 25.0 Å². The molecule has 0 radical (unpaired) electrons. The molecule has 0 bridgehead atoms. The van der Waals surface area contributed by atoms with Gasteiger partial charge in [-0.15, -0.1) is 0 Å². The van der Waals surface area contributed by atoms with Crippen LogP contribution in [0.25, 0.3) is 0 Å². The Morgan fingerprint density at radius 3 is 2.75 bits per heavy atom. The Morgan fingerprint density at radius 2 is 2.04 bits per heavy atom. The molecule has 0 spiro atoms. The SMILES string of the molecule is CC(C)(C)OC(=O)NCC1CCCCC1NCc1cccc(I)c1. The van der Waals surface area contributed by atoms with Crippen LogP contribution in [0.3, 0.4) is 0 Å². The van der Waals surface area contributed by atoms with E-state index >= 15 is 0 Å². The van der Waals surface area contributed by atoms with Crippen LogP contribution in [0.15, 0.2) is 24.3 Å². The molecular formula is C19H29IN2O2. The Bertz CT molecular complexity index is 542. The first kappa shape index (κ1) is 19.5. The van der Waals surface area contributed by atoms with Gasteiger partial charge < -0.3 is 15.4 Å². The van der Waals surface area contributed by atoms with Crippen LogP contribution >= 0.6 is 22.6 Å². The van der Waals surface area contributed by atoms with Crippen molar-refractivity contribution in [2.24, 2.45) is 5.92 Å². The van der Waals surface area contributed by atoms with E-state index in [1.54, 1.807) is 0 Å². The molecule has 2 atom stereocenters. The van der Waals surface area contributed by atoms with Crippen LogP contribution in [0.2, 0.25) is 0 Å². The first-order valence-corrected chi connectivity index (χ1v) is 9.86. The number of benzene rings is 1. The van der Waals surface area contributed by atoms with Crippen molar-refractivity contribution in [2.45, 2.75) is 64.6 Å². The Balaban J connectivity index is 1.82. The summed E-state index contributed by atoms with van der Waals surface area (Å²) >= 11 is 2.35. The Morgan fingerprint density at radius 1 is 1.29 bits per heavy atom. The van der Waals surface area contributed by atoms with E-state index in [1.807, 2.05) is 20.8 Å². The molecule has 1 aliphatic carbocycles. The zero-order valence-corrected chi connectivity index (χ0v) is 17.1. The molecule has 2 rings (SSSR count). The van der Waals surface area contributed by atoms with Gasteiger partial charge in [-0.2, -0.15) is 0 Å². The smallest absolute Gasteiger partial charge is 0.407 e. The first-order chi connectivity index (χ1) is 11.3. The highest BCUT2D eigenvalue weighted by Gasteiger charge is 2.26. The maximum atomic E-state index is 11.9.